The first kappa shape index (κ1) is 24.3. The van der Waals surface area contributed by atoms with Crippen LogP contribution in [0.1, 0.15) is 27.0 Å². The van der Waals surface area contributed by atoms with Gasteiger partial charge < -0.3 is 14.8 Å². The van der Waals surface area contributed by atoms with Crippen molar-refractivity contribution in [2.24, 2.45) is 0 Å². The van der Waals surface area contributed by atoms with E-state index in [0.717, 1.165) is 41.2 Å². The summed E-state index contributed by atoms with van der Waals surface area (Å²) >= 11 is 1.13. The number of hydrogen-bond acceptors (Lipinski definition) is 7. The van der Waals surface area contributed by atoms with Gasteiger partial charge in [0, 0.05) is 10.4 Å². The van der Waals surface area contributed by atoms with Gasteiger partial charge in [0.25, 0.3) is 5.91 Å². The number of methoxy groups -OCH3 is 1. The van der Waals surface area contributed by atoms with Gasteiger partial charge >= 0.3 is 11.7 Å². The Balaban J connectivity index is 1.90. The van der Waals surface area contributed by atoms with Crippen LogP contribution in [0.15, 0.2) is 59.5 Å². The first-order valence-electron chi connectivity index (χ1n) is 9.56. The number of hydrogen-bond donors (Lipinski definition) is 1. The van der Waals surface area contributed by atoms with E-state index in [2.05, 4.69) is 5.32 Å². The molecule has 0 fully saturated rings. The van der Waals surface area contributed by atoms with Crippen LogP contribution in [-0.2, 0) is 14.6 Å². The maximum Gasteiger partial charge on any atom is 0.350 e. The molecule has 1 amide bonds. The number of alkyl halides is 2. The van der Waals surface area contributed by atoms with Crippen molar-refractivity contribution in [3.05, 3.63) is 65.0 Å². The van der Waals surface area contributed by atoms with Gasteiger partial charge in [0.2, 0.25) is 9.84 Å². The largest absolute Gasteiger partial charge is 0.497 e. The summed E-state index contributed by atoms with van der Waals surface area (Å²) in [7, 11) is -3.22. The fourth-order valence-corrected chi connectivity index (χ4v) is 4.56. The van der Waals surface area contributed by atoms with Crippen LogP contribution in [0.25, 0.3) is 10.4 Å². The molecule has 3 rings (SSSR count). The lowest BCUT2D eigenvalue weighted by Gasteiger charge is -2.07. The van der Waals surface area contributed by atoms with Gasteiger partial charge in [-0.15, -0.1) is 11.3 Å². The van der Waals surface area contributed by atoms with Crippen LogP contribution in [0.5, 0.6) is 5.75 Å². The first-order valence-corrected chi connectivity index (χ1v) is 11.9. The van der Waals surface area contributed by atoms with Crippen LogP contribution >= 0.6 is 11.3 Å². The maximum atomic E-state index is 12.7. The molecule has 1 N–H and O–H groups in total. The molecule has 1 aromatic heterocycles. The monoisotopic (exact) mass is 495 g/mol. The molecule has 0 bridgehead atoms. The molecule has 3 aromatic rings. The Morgan fingerprint density at radius 2 is 1.70 bits per heavy atom. The molecule has 0 unspecified atom stereocenters. The van der Waals surface area contributed by atoms with Crippen molar-refractivity contribution in [2.45, 2.75) is 17.6 Å². The molecule has 11 heteroatoms. The SMILES string of the molecule is CCOC(=O)c1sc(-c2ccc(OC)cc2)cc1NC(=O)c1ccc(S(=O)(=O)C(F)F)cc1. The second kappa shape index (κ2) is 10.1. The number of sulfone groups is 1. The maximum absolute atomic E-state index is 12.7. The van der Waals surface area contributed by atoms with Crippen molar-refractivity contribution in [2.75, 3.05) is 19.0 Å². The fourth-order valence-electron chi connectivity index (χ4n) is 2.82. The molecule has 0 aliphatic heterocycles. The van der Waals surface area contributed by atoms with Gasteiger partial charge in [-0.05, 0) is 67.1 Å². The van der Waals surface area contributed by atoms with Crippen LogP contribution in [0.3, 0.4) is 0 Å². The summed E-state index contributed by atoms with van der Waals surface area (Å²) < 4.78 is 58.7. The van der Waals surface area contributed by atoms with Crippen LogP contribution in [0.4, 0.5) is 14.5 Å². The van der Waals surface area contributed by atoms with E-state index in [1.54, 1.807) is 44.4 Å². The Bertz CT molecular complexity index is 1250. The van der Waals surface area contributed by atoms with Gasteiger partial charge in [0.1, 0.15) is 10.6 Å². The fraction of sp³-hybridized carbons (Fsp3) is 0.182. The van der Waals surface area contributed by atoms with Gasteiger partial charge in [0.05, 0.1) is 24.3 Å². The zero-order chi connectivity index (χ0) is 24.2. The summed E-state index contributed by atoms with van der Waals surface area (Å²) in [6.07, 6.45) is 0. The zero-order valence-corrected chi connectivity index (χ0v) is 19.1. The third-order valence-electron chi connectivity index (χ3n) is 4.50. The number of ether oxygens (including phenoxy) is 2. The third-order valence-corrected chi connectivity index (χ3v) is 7.06. The smallest absolute Gasteiger partial charge is 0.350 e. The highest BCUT2D eigenvalue weighted by molar-refractivity contribution is 7.91. The minimum atomic E-state index is -4.77. The lowest BCUT2D eigenvalue weighted by atomic mass is 10.1. The molecule has 33 heavy (non-hydrogen) atoms. The van der Waals surface area contributed by atoms with E-state index in [4.69, 9.17) is 9.47 Å². The Labute approximate surface area is 192 Å². The van der Waals surface area contributed by atoms with Crippen molar-refractivity contribution >= 4 is 38.7 Å². The number of anilines is 1. The van der Waals surface area contributed by atoms with Crippen molar-refractivity contribution in [1.29, 1.82) is 0 Å². The minimum Gasteiger partial charge on any atom is -0.497 e. The molecule has 7 nitrogen and oxygen atoms in total. The average Bonchev–Trinajstić information content (AvgIpc) is 3.23. The van der Waals surface area contributed by atoms with Gasteiger partial charge in [0.15, 0.2) is 0 Å². The Morgan fingerprint density at radius 1 is 1.06 bits per heavy atom. The normalized spacial score (nSPS) is 11.3. The predicted molar refractivity (Wildman–Crippen MR) is 120 cm³/mol. The highest BCUT2D eigenvalue weighted by Gasteiger charge is 2.27. The van der Waals surface area contributed by atoms with Crippen LogP contribution in [-0.4, -0.2) is 39.8 Å². The molecule has 174 valence electrons. The van der Waals surface area contributed by atoms with E-state index < -0.39 is 32.4 Å². The molecular formula is C22H19F2NO6S2. The number of halogens is 2. The zero-order valence-electron chi connectivity index (χ0n) is 17.5. The molecule has 0 spiro atoms. The Kier molecular flexibility index (Phi) is 7.44. The van der Waals surface area contributed by atoms with Crippen molar-refractivity contribution < 1.29 is 36.3 Å². The van der Waals surface area contributed by atoms with Crippen molar-refractivity contribution in [3.8, 4) is 16.2 Å². The van der Waals surface area contributed by atoms with Gasteiger partial charge in [-0.1, -0.05) is 0 Å². The average molecular weight is 496 g/mol. The summed E-state index contributed by atoms with van der Waals surface area (Å²) in [4.78, 5) is 25.4. The topological polar surface area (TPSA) is 98.8 Å². The Hall–Kier alpha value is -3.31. The summed E-state index contributed by atoms with van der Waals surface area (Å²) in [5, 5.41) is 2.61. The van der Waals surface area contributed by atoms with E-state index >= 15 is 0 Å². The highest BCUT2D eigenvalue weighted by atomic mass is 32.2. The molecule has 0 atom stereocenters. The molecule has 0 aliphatic carbocycles. The molecule has 0 saturated heterocycles. The number of benzene rings is 2. The summed E-state index contributed by atoms with van der Waals surface area (Å²) in [6.45, 7) is 1.80. The number of carbonyl (C=O) groups is 2. The van der Waals surface area contributed by atoms with Gasteiger partial charge in [-0.2, -0.15) is 8.78 Å². The molecule has 1 heterocycles. The molecule has 0 aliphatic rings. The Morgan fingerprint density at radius 3 is 2.24 bits per heavy atom. The second-order valence-electron chi connectivity index (χ2n) is 6.59. The van der Waals surface area contributed by atoms with Gasteiger partial charge in [-0.25, -0.2) is 13.2 Å². The summed E-state index contributed by atoms with van der Waals surface area (Å²) in [5.41, 5.74) is 1.02. The number of esters is 1. The molecular weight excluding hydrogens is 476 g/mol. The summed E-state index contributed by atoms with van der Waals surface area (Å²) in [5.74, 6) is -4.17. The highest BCUT2D eigenvalue weighted by Crippen LogP contribution is 2.36. The van der Waals surface area contributed by atoms with E-state index in [1.165, 1.54) is 0 Å². The predicted octanol–water partition coefficient (Wildman–Crippen LogP) is 4.85. The third kappa shape index (κ3) is 5.37. The lowest BCUT2D eigenvalue weighted by Crippen LogP contribution is -2.15. The summed E-state index contributed by atoms with van der Waals surface area (Å²) in [6, 6.07) is 12.8. The number of rotatable bonds is 8. The number of nitrogens with one attached hydrogen (secondary N) is 1. The lowest BCUT2D eigenvalue weighted by molar-refractivity contribution is 0.0533. The van der Waals surface area contributed by atoms with Crippen LogP contribution < -0.4 is 10.1 Å². The molecule has 0 radical (unpaired) electrons. The molecule has 0 saturated carbocycles. The van der Waals surface area contributed by atoms with E-state index in [1.807, 2.05) is 0 Å². The standard InChI is InChI=1S/C22H19F2NO6S2/c1-3-31-21(27)19-17(12-18(32-19)13-4-8-15(30-2)9-5-13)25-20(26)14-6-10-16(11-7-14)33(28,29)22(23)24/h4-12,22H,3H2,1-2H3,(H,25,26). The van der Waals surface area contributed by atoms with Crippen molar-refractivity contribution in [3.63, 3.8) is 0 Å². The number of carbonyl (C=O) groups excluding carboxylic acids is 2. The number of amides is 1. The quantitative estimate of drug-likeness (QED) is 0.449. The van der Waals surface area contributed by atoms with Gasteiger partial charge in [-0.3, -0.25) is 4.79 Å². The van der Waals surface area contributed by atoms with E-state index in [-0.39, 0.29) is 22.7 Å². The van der Waals surface area contributed by atoms with Crippen LogP contribution in [0.2, 0.25) is 0 Å². The molecule has 2 aromatic carbocycles. The van der Waals surface area contributed by atoms with E-state index in [0.29, 0.717) is 10.6 Å². The van der Waals surface area contributed by atoms with E-state index in [9.17, 15) is 26.8 Å². The number of thiophene rings is 1. The van der Waals surface area contributed by atoms with Crippen molar-refractivity contribution in [1.82, 2.24) is 0 Å². The van der Waals surface area contributed by atoms with Crippen LogP contribution in [0, 0.1) is 0 Å². The second-order valence-corrected chi connectivity index (χ2v) is 9.56. The first-order chi connectivity index (χ1) is 15.7. The minimum absolute atomic E-state index is 0.0234.